The summed E-state index contributed by atoms with van der Waals surface area (Å²) in [4.78, 5) is 8.42. The van der Waals surface area contributed by atoms with Crippen LogP contribution in [0.2, 0.25) is 0 Å². The monoisotopic (exact) mass is 202 g/mol. The quantitative estimate of drug-likeness (QED) is 0.751. The van der Waals surface area contributed by atoms with Crippen molar-refractivity contribution in [3.8, 4) is 5.88 Å². The first-order valence-electron chi connectivity index (χ1n) is 5.01. The van der Waals surface area contributed by atoms with Crippen LogP contribution in [-0.2, 0) is 0 Å². The van der Waals surface area contributed by atoms with Gasteiger partial charge in [0.2, 0.25) is 5.88 Å². The highest BCUT2D eigenvalue weighted by Gasteiger charge is 2.07. The molecule has 0 unspecified atom stereocenters. The maximum Gasteiger partial charge on any atom is 0.213 e. The lowest BCUT2D eigenvalue weighted by Crippen LogP contribution is -1.94. The largest absolute Gasteiger partial charge is 0.481 e. The van der Waals surface area contributed by atoms with Gasteiger partial charge in [-0.15, -0.1) is 0 Å². The van der Waals surface area contributed by atoms with Crippen molar-refractivity contribution in [2.24, 2.45) is 0 Å². The average Bonchev–Trinajstić information content (AvgIpc) is 2.27. The number of nitrogens with zero attached hydrogens (tertiary/aromatic N) is 2. The number of fused-ring (bicyclic) bond motifs is 1. The highest BCUT2D eigenvalue weighted by molar-refractivity contribution is 5.82. The second kappa shape index (κ2) is 3.85. The molecule has 78 valence electrons. The van der Waals surface area contributed by atoms with Gasteiger partial charge in [0.25, 0.3) is 0 Å². The van der Waals surface area contributed by atoms with Crippen molar-refractivity contribution < 1.29 is 4.74 Å². The summed E-state index contributed by atoms with van der Waals surface area (Å²) in [5, 5.41) is 1.12. The van der Waals surface area contributed by atoms with E-state index in [-0.39, 0.29) is 0 Å². The second-order valence-electron chi connectivity index (χ2n) is 3.80. The Bertz CT molecular complexity index is 480. The molecule has 3 nitrogen and oxygen atoms in total. The summed E-state index contributed by atoms with van der Waals surface area (Å²) in [6, 6.07) is 3.99. The topological polar surface area (TPSA) is 35.0 Å². The third-order valence-electron chi connectivity index (χ3n) is 2.47. The Labute approximate surface area is 89.1 Å². The molecule has 0 aliphatic rings. The second-order valence-corrected chi connectivity index (χ2v) is 3.80. The van der Waals surface area contributed by atoms with Gasteiger partial charge < -0.3 is 4.74 Å². The molecule has 0 spiro atoms. The first-order valence-corrected chi connectivity index (χ1v) is 5.01. The van der Waals surface area contributed by atoms with Gasteiger partial charge >= 0.3 is 0 Å². The molecule has 0 radical (unpaired) electrons. The number of methoxy groups -OCH3 is 1. The van der Waals surface area contributed by atoms with Crippen LogP contribution in [0.1, 0.15) is 25.3 Å². The minimum atomic E-state index is 0.475. The van der Waals surface area contributed by atoms with E-state index in [4.69, 9.17) is 4.74 Å². The number of hydrogen-bond donors (Lipinski definition) is 0. The van der Waals surface area contributed by atoms with E-state index in [1.807, 2.05) is 18.3 Å². The number of aromatic nitrogens is 2. The number of pyridine rings is 2. The molecule has 0 aliphatic carbocycles. The lowest BCUT2D eigenvalue weighted by molar-refractivity contribution is 0.398. The molecule has 0 bridgehead atoms. The maximum absolute atomic E-state index is 5.12. The summed E-state index contributed by atoms with van der Waals surface area (Å²) in [5.41, 5.74) is 2.20. The van der Waals surface area contributed by atoms with Crippen LogP contribution >= 0.6 is 0 Å². The highest BCUT2D eigenvalue weighted by Crippen LogP contribution is 2.25. The van der Waals surface area contributed by atoms with E-state index in [9.17, 15) is 0 Å². The molecule has 2 aromatic rings. The summed E-state index contributed by atoms with van der Waals surface area (Å²) in [7, 11) is 1.62. The number of rotatable bonds is 2. The van der Waals surface area contributed by atoms with Gasteiger partial charge in [-0.25, -0.2) is 4.98 Å². The van der Waals surface area contributed by atoms with E-state index in [0.717, 1.165) is 10.9 Å². The molecule has 0 N–H and O–H groups in total. The molecule has 2 aromatic heterocycles. The first kappa shape index (κ1) is 9.90. The van der Waals surface area contributed by atoms with Gasteiger partial charge in [-0.1, -0.05) is 13.8 Å². The van der Waals surface area contributed by atoms with E-state index in [2.05, 4.69) is 23.8 Å². The van der Waals surface area contributed by atoms with Gasteiger partial charge in [-0.05, 0) is 17.5 Å². The van der Waals surface area contributed by atoms with Crippen LogP contribution in [0.5, 0.6) is 5.88 Å². The molecule has 0 atom stereocenters. The van der Waals surface area contributed by atoms with Crippen LogP contribution in [0.25, 0.3) is 10.9 Å². The molecule has 3 heteroatoms. The summed E-state index contributed by atoms with van der Waals surface area (Å²) in [6.45, 7) is 4.34. The lowest BCUT2D eigenvalue weighted by atomic mass is 10.0. The standard InChI is InChI=1S/C12H14N2O/c1-8(2)9-4-5-13-11-7-14-12(15-3)6-10(9)11/h4-8H,1-3H3. The molecule has 2 rings (SSSR count). The fourth-order valence-corrected chi connectivity index (χ4v) is 1.67. The van der Waals surface area contributed by atoms with Crippen LogP contribution in [0.4, 0.5) is 0 Å². The molecule has 0 saturated heterocycles. The zero-order valence-electron chi connectivity index (χ0n) is 9.19. The fourth-order valence-electron chi connectivity index (χ4n) is 1.67. The van der Waals surface area contributed by atoms with E-state index >= 15 is 0 Å². The van der Waals surface area contributed by atoms with Gasteiger partial charge in [0.05, 0.1) is 18.8 Å². The lowest BCUT2D eigenvalue weighted by Gasteiger charge is -2.09. The molecule has 0 aromatic carbocycles. The van der Waals surface area contributed by atoms with Gasteiger partial charge in [0.1, 0.15) is 0 Å². The van der Waals surface area contributed by atoms with Crippen molar-refractivity contribution in [3.63, 3.8) is 0 Å². The van der Waals surface area contributed by atoms with Crippen molar-refractivity contribution in [1.29, 1.82) is 0 Å². The zero-order valence-corrected chi connectivity index (χ0v) is 9.19. The maximum atomic E-state index is 5.12. The highest BCUT2D eigenvalue weighted by atomic mass is 16.5. The third-order valence-corrected chi connectivity index (χ3v) is 2.47. The van der Waals surface area contributed by atoms with Crippen LogP contribution in [0.3, 0.4) is 0 Å². The van der Waals surface area contributed by atoms with Crippen molar-refractivity contribution in [3.05, 3.63) is 30.1 Å². The van der Waals surface area contributed by atoms with Gasteiger partial charge in [-0.3, -0.25) is 4.98 Å². The zero-order chi connectivity index (χ0) is 10.8. The van der Waals surface area contributed by atoms with E-state index < -0.39 is 0 Å². The van der Waals surface area contributed by atoms with Gasteiger partial charge in [-0.2, -0.15) is 0 Å². The summed E-state index contributed by atoms with van der Waals surface area (Å²) in [6.07, 6.45) is 3.58. The van der Waals surface area contributed by atoms with Crippen LogP contribution in [-0.4, -0.2) is 17.1 Å². The van der Waals surface area contributed by atoms with E-state index in [1.165, 1.54) is 5.56 Å². The van der Waals surface area contributed by atoms with E-state index in [0.29, 0.717) is 11.8 Å². The van der Waals surface area contributed by atoms with Crippen molar-refractivity contribution in [2.75, 3.05) is 7.11 Å². The van der Waals surface area contributed by atoms with Gasteiger partial charge in [0.15, 0.2) is 0 Å². The molecule has 2 heterocycles. The Hall–Kier alpha value is -1.64. The first-order chi connectivity index (χ1) is 7.22. The summed E-state index contributed by atoms with van der Waals surface area (Å²) >= 11 is 0. The summed E-state index contributed by atoms with van der Waals surface area (Å²) < 4.78 is 5.12. The van der Waals surface area contributed by atoms with Crippen LogP contribution < -0.4 is 4.74 Å². The Kier molecular flexibility index (Phi) is 2.54. The van der Waals surface area contributed by atoms with Crippen LogP contribution in [0, 0.1) is 0 Å². The SMILES string of the molecule is COc1cc2c(C(C)C)ccnc2cn1. The van der Waals surface area contributed by atoms with Crippen molar-refractivity contribution >= 4 is 10.9 Å². The Morgan fingerprint density at radius 2 is 2.07 bits per heavy atom. The molecule has 0 fully saturated rings. The minimum Gasteiger partial charge on any atom is -0.481 e. The normalized spacial score (nSPS) is 10.9. The Morgan fingerprint density at radius 3 is 2.73 bits per heavy atom. The van der Waals surface area contributed by atoms with Crippen molar-refractivity contribution in [1.82, 2.24) is 9.97 Å². The smallest absolute Gasteiger partial charge is 0.213 e. The third kappa shape index (κ3) is 1.77. The minimum absolute atomic E-state index is 0.475. The van der Waals surface area contributed by atoms with Crippen molar-refractivity contribution in [2.45, 2.75) is 19.8 Å². The number of hydrogen-bond acceptors (Lipinski definition) is 3. The van der Waals surface area contributed by atoms with Gasteiger partial charge in [0, 0.05) is 17.6 Å². The Morgan fingerprint density at radius 1 is 1.27 bits per heavy atom. The predicted octanol–water partition coefficient (Wildman–Crippen LogP) is 2.76. The molecular weight excluding hydrogens is 188 g/mol. The molecule has 0 amide bonds. The van der Waals surface area contributed by atoms with E-state index in [1.54, 1.807) is 13.3 Å². The molecule has 15 heavy (non-hydrogen) atoms. The molecular formula is C12H14N2O. The van der Waals surface area contributed by atoms with Crippen LogP contribution in [0.15, 0.2) is 24.5 Å². The average molecular weight is 202 g/mol. The number of ether oxygens (including phenoxy) is 1. The predicted molar refractivity (Wildman–Crippen MR) is 60.2 cm³/mol. The summed E-state index contributed by atoms with van der Waals surface area (Å²) in [5.74, 6) is 1.11. The Balaban J connectivity index is 2.70. The molecule has 0 saturated carbocycles. The fraction of sp³-hybridized carbons (Fsp3) is 0.333. The molecule has 0 aliphatic heterocycles.